The van der Waals surface area contributed by atoms with Gasteiger partial charge in [0.05, 0.1) is 0 Å². The zero-order chi connectivity index (χ0) is 10.6. The van der Waals surface area contributed by atoms with Crippen LogP contribution in [0.4, 0.5) is 0 Å². The normalized spacial score (nSPS) is 29.5. The van der Waals surface area contributed by atoms with Gasteiger partial charge in [0.2, 0.25) is 0 Å². The van der Waals surface area contributed by atoms with E-state index < -0.39 is 0 Å². The van der Waals surface area contributed by atoms with Crippen LogP contribution < -0.4 is 0 Å². The summed E-state index contributed by atoms with van der Waals surface area (Å²) in [7, 11) is 0. The van der Waals surface area contributed by atoms with E-state index in [0.29, 0.717) is 5.41 Å². The van der Waals surface area contributed by atoms with E-state index in [1.54, 1.807) is 0 Å². The van der Waals surface area contributed by atoms with E-state index in [-0.39, 0.29) is 5.92 Å². The molecule has 0 radical (unpaired) electrons. The van der Waals surface area contributed by atoms with Crippen LogP contribution in [0.2, 0.25) is 0 Å². The number of hydrogen-bond donors (Lipinski definition) is 0. The molecule has 1 aliphatic rings. The zero-order valence-electron chi connectivity index (χ0n) is 9.68. The fraction of sp³-hybridized carbons (Fsp3) is 0.769. The van der Waals surface area contributed by atoms with Gasteiger partial charge in [-0.3, -0.25) is 0 Å². The maximum atomic E-state index is 10.5. The lowest BCUT2D eigenvalue weighted by Gasteiger charge is -2.32. The Bertz CT molecular complexity index is 229. The molecular formula is C13H22O. The summed E-state index contributed by atoms with van der Waals surface area (Å²) >= 11 is 0. The van der Waals surface area contributed by atoms with Crippen LogP contribution in [0, 0.1) is 11.3 Å². The van der Waals surface area contributed by atoms with Gasteiger partial charge < -0.3 is 4.79 Å². The predicted octanol–water partition coefficient (Wildman–Crippen LogP) is 3.74. The molecular weight excluding hydrogens is 172 g/mol. The molecule has 1 heteroatoms. The fourth-order valence-electron chi connectivity index (χ4n) is 2.03. The van der Waals surface area contributed by atoms with Crippen molar-refractivity contribution in [1.29, 1.82) is 0 Å². The van der Waals surface area contributed by atoms with E-state index in [0.717, 1.165) is 12.7 Å². The van der Waals surface area contributed by atoms with Gasteiger partial charge in [0, 0.05) is 5.92 Å². The summed E-state index contributed by atoms with van der Waals surface area (Å²) in [4.78, 5) is 10.5. The highest BCUT2D eigenvalue weighted by Gasteiger charge is 2.24. The van der Waals surface area contributed by atoms with Gasteiger partial charge in [-0.25, -0.2) is 0 Å². The van der Waals surface area contributed by atoms with Crippen LogP contribution in [0.5, 0.6) is 0 Å². The Balaban J connectivity index is 2.49. The van der Waals surface area contributed by atoms with Crippen molar-refractivity contribution >= 4 is 6.29 Å². The molecule has 0 aromatic heterocycles. The van der Waals surface area contributed by atoms with Crippen LogP contribution in [0.1, 0.15) is 52.9 Å². The summed E-state index contributed by atoms with van der Waals surface area (Å²) in [5, 5.41) is 0. The molecule has 0 bridgehead atoms. The van der Waals surface area contributed by atoms with Crippen molar-refractivity contribution in [3.63, 3.8) is 0 Å². The van der Waals surface area contributed by atoms with Gasteiger partial charge in [0.1, 0.15) is 6.29 Å². The molecule has 80 valence electrons. The third-order valence-electron chi connectivity index (χ3n) is 3.60. The molecule has 0 N–H and O–H groups in total. The number of carbonyl (C=O) groups is 1. The first-order chi connectivity index (χ1) is 6.59. The number of hydrogen-bond acceptors (Lipinski definition) is 1. The molecule has 0 aromatic carbocycles. The fourth-order valence-corrected chi connectivity index (χ4v) is 2.03. The van der Waals surface area contributed by atoms with Gasteiger partial charge in [0.15, 0.2) is 0 Å². The van der Waals surface area contributed by atoms with Crippen LogP contribution in [0.3, 0.4) is 0 Å². The molecule has 0 saturated heterocycles. The quantitative estimate of drug-likeness (QED) is 0.492. The number of aldehydes is 1. The molecule has 2 atom stereocenters. The Labute approximate surface area is 87.6 Å². The molecule has 0 spiro atoms. The minimum Gasteiger partial charge on any atom is -0.303 e. The second-order valence-electron chi connectivity index (χ2n) is 5.05. The maximum absolute atomic E-state index is 10.5. The highest BCUT2D eigenvalue weighted by atomic mass is 16.1. The average molecular weight is 194 g/mol. The number of rotatable bonds is 4. The van der Waals surface area contributed by atoms with Crippen molar-refractivity contribution < 1.29 is 4.79 Å². The zero-order valence-corrected chi connectivity index (χ0v) is 9.68. The van der Waals surface area contributed by atoms with Crippen molar-refractivity contribution in [3.05, 3.63) is 11.6 Å². The molecule has 1 aliphatic carbocycles. The van der Waals surface area contributed by atoms with Crippen molar-refractivity contribution in [2.24, 2.45) is 11.3 Å². The maximum Gasteiger partial charge on any atom is 0.123 e. The Morgan fingerprint density at radius 2 is 2.36 bits per heavy atom. The summed E-state index contributed by atoms with van der Waals surface area (Å²) in [5.41, 5.74) is 2.02. The second kappa shape index (κ2) is 4.77. The Kier molecular flexibility index (Phi) is 3.91. The number of allylic oxidation sites excluding steroid dienone is 2. The summed E-state index contributed by atoms with van der Waals surface area (Å²) in [6.07, 6.45) is 9.36. The topological polar surface area (TPSA) is 17.1 Å². The minimum atomic E-state index is 0.201. The summed E-state index contributed by atoms with van der Waals surface area (Å²) < 4.78 is 0. The summed E-state index contributed by atoms with van der Waals surface area (Å²) in [6, 6.07) is 0. The first-order valence-electron chi connectivity index (χ1n) is 5.73. The standard InChI is InChI=1S/C13H22O/c1-4-13(3)7-5-12(6-8-13)9-11(2)10-14/h5,10-11H,4,6-9H2,1-3H3. The monoisotopic (exact) mass is 194 g/mol. The lowest BCUT2D eigenvalue weighted by molar-refractivity contribution is -0.110. The first-order valence-corrected chi connectivity index (χ1v) is 5.73. The molecule has 2 unspecified atom stereocenters. The number of carbonyl (C=O) groups excluding carboxylic acids is 1. The van der Waals surface area contributed by atoms with Crippen LogP contribution >= 0.6 is 0 Å². The average Bonchev–Trinajstić information content (AvgIpc) is 2.21. The Morgan fingerprint density at radius 1 is 1.64 bits per heavy atom. The molecule has 0 amide bonds. The van der Waals surface area contributed by atoms with E-state index in [9.17, 15) is 4.79 Å². The van der Waals surface area contributed by atoms with Gasteiger partial charge in [-0.05, 0) is 31.1 Å². The van der Waals surface area contributed by atoms with Crippen molar-refractivity contribution in [3.8, 4) is 0 Å². The van der Waals surface area contributed by atoms with Crippen molar-refractivity contribution in [2.45, 2.75) is 52.9 Å². The summed E-state index contributed by atoms with van der Waals surface area (Å²) in [6.45, 7) is 6.64. The molecule has 0 saturated carbocycles. The molecule has 0 fully saturated rings. The van der Waals surface area contributed by atoms with Gasteiger partial charge in [-0.2, -0.15) is 0 Å². The van der Waals surface area contributed by atoms with Gasteiger partial charge in [-0.15, -0.1) is 0 Å². The van der Waals surface area contributed by atoms with E-state index in [1.165, 1.54) is 31.3 Å². The summed E-state index contributed by atoms with van der Waals surface area (Å²) in [5.74, 6) is 0.201. The van der Waals surface area contributed by atoms with Crippen LogP contribution in [0.15, 0.2) is 11.6 Å². The van der Waals surface area contributed by atoms with Crippen LogP contribution in [-0.4, -0.2) is 6.29 Å². The van der Waals surface area contributed by atoms with Crippen molar-refractivity contribution in [2.75, 3.05) is 0 Å². The van der Waals surface area contributed by atoms with Crippen LogP contribution in [0.25, 0.3) is 0 Å². The lowest BCUT2D eigenvalue weighted by atomic mass is 9.74. The molecule has 0 aliphatic heterocycles. The highest BCUT2D eigenvalue weighted by molar-refractivity contribution is 5.53. The Hall–Kier alpha value is -0.590. The smallest absolute Gasteiger partial charge is 0.123 e. The van der Waals surface area contributed by atoms with E-state index in [2.05, 4.69) is 19.9 Å². The van der Waals surface area contributed by atoms with Crippen LogP contribution in [-0.2, 0) is 4.79 Å². The van der Waals surface area contributed by atoms with Gasteiger partial charge in [-0.1, -0.05) is 38.8 Å². The van der Waals surface area contributed by atoms with Gasteiger partial charge >= 0.3 is 0 Å². The molecule has 1 rings (SSSR count). The van der Waals surface area contributed by atoms with E-state index >= 15 is 0 Å². The molecule has 14 heavy (non-hydrogen) atoms. The highest BCUT2D eigenvalue weighted by Crippen LogP contribution is 2.38. The largest absolute Gasteiger partial charge is 0.303 e. The minimum absolute atomic E-state index is 0.201. The van der Waals surface area contributed by atoms with Crippen molar-refractivity contribution in [1.82, 2.24) is 0 Å². The SMILES string of the molecule is CCC1(C)CC=C(CC(C)C=O)CC1. The Morgan fingerprint density at radius 3 is 2.79 bits per heavy atom. The molecule has 0 aromatic rings. The third-order valence-corrected chi connectivity index (χ3v) is 3.60. The first kappa shape index (κ1) is 11.5. The molecule has 1 nitrogen and oxygen atoms in total. The lowest BCUT2D eigenvalue weighted by Crippen LogP contribution is -2.18. The van der Waals surface area contributed by atoms with E-state index in [4.69, 9.17) is 0 Å². The van der Waals surface area contributed by atoms with Gasteiger partial charge in [0.25, 0.3) is 0 Å². The molecule has 0 heterocycles. The second-order valence-corrected chi connectivity index (χ2v) is 5.05. The third kappa shape index (κ3) is 2.97. The predicted molar refractivity (Wildman–Crippen MR) is 60.2 cm³/mol. The van der Waals surface area contributed by atoms with E-state index in [1.807, 2.05) is 6.92 Å².